The normalized spacial score (nSPS) is 11.2. The van der Waals surface area contributed by atoms with Crippen molar-refractivity contribution in [2.75, 3.05) is 6.54 Å². The molecule has 1 N–H and O–H groups in total. The highest BCUT2D eigenvalue weighted by Crippen LogP contribution is 2.11. The third kappa shape index (κ3) is 7.22. The molecule has 0 unspecified atom stereocenters. The molecule has 59 valence electrons. The van der Waals surface area contributed by atoms with Gasteiger partial charge in [-0.15, -0.1) is 0 Å². The zero-order valence-electron chi connectivity index (χ0n) is 5.20. The van der Waals surface area contributed by atoms with Crippen LogP contribution in [0.25, 0.3) is 0 Å². The molecule has 10 heavy (non-hydrogen) atoms. The van der Waals surface area contributed by atoms with E-state index in [0.29, 0.717) is 0 Å². The Morgan fingerprint density at radius 3 is 2.40 bits per heavy atom. The largest absolute Gasteiger partial charge is 0.402 e. The second kappa shape index (κ2) is 3.40. The molecule has 0 aliphatic rings. The summed E-state index contributed by atoms with van der Waals surface area (Å²) in [5.41, 5.74) is 4.38. The molecule has 0 aromatic carbocycles. The number of nitrogens with zero attached hydrogens (tertiary/aromatic N) is 1. The Balaban J connectivity index is 3.29. The first-order chi connectivity index (χ1) is 4.42. The Bertz CT molecular complexity index is 122. The van der Waals surface area contributed by atoms with Crippen LogP contribution in [0, 0.1) is 0 Å². The first kappa shape index (κ1) is 9.22. The molecule has 0 aliphatic heterocycles. The maximum Gasteiger partial charge on any atom is 0.402 e. The maximum absolute atomic E-state index is 11.3. The molecular formula is C4H6F3N2O. The van der Waals surface area contributed by atoms with Crippen molar-refractivity contribution in [2.45, 2.75) is 13.1 Å². The van der Waals surface area contributed by atoms with Gasteiger partial charge >= 0.3 is 6.18 Å². The van der Waals surface area contributed by atoms with Crippen molar-refractivity contribution >= 4 is 5.91 Å². The van der Waals surface area contributed by atoms with Gasteiger partial charge in [-0.05, 0) is 0 Å². The van der Waals surface area contributed by atoms with E-state index in [4.69, 9.17) is 0 Å². The van der Waals surface area contributed by atoms with Crippen LogP contribution in [0.5, 0.6) is 0 Å². The van der Waals surface area contributed by atoms with Gasteiger partial charge in [0.05, 0.1) is 0 Å². The molecule has 0 aromatic rings. The molecule has 0 atom stereocenters. The molecule has 1 radical (unpaired) electrons. The second-order valence-electron chi connectivity index (χ2n) is 1.58. The number of alkyl halides is 3. The van der Waals surface area contributed by atoms with Crippen molar-refractivity contribution in [3.63, 3.8) is 0 Å². The third-order valence-corrected chi connectivity index (χ3v) is 0.516. The van der Waals surface area contributed by atoms with Crippen LogP contribution in [-0.2, 0) is 4.79 Å². The predicted molar refractivity (Wildman–Crippen MR) is 26.9 cm³/mol. The molecule has 0 rings (SSSR count). The summed E-state index contributed by atoms with van der Waals surface area (Å²) >= 11 is 0. The minimum atomic E-state index is -4.32. The lowest BCUT2D eigenvalue weighted by atomic mass is 10.6. The SMILES string of the molecule is CC(=O)[N]NCC(F)(F)F. The minimum absolute atomic E-state index is 0.677. The average molecular weight is 155 g/mol. The lowest BCUT2D eigenvalue weighted by molar-refractivity contribution is -0.131. The van der Waals surface area contributed by atoms with E-state index in [1.165, 1.54) is 0 Å². The molecule has 1 amide bonds. The van der Waals surface area contributed by atoms with Crippen LogP contribution in [0.4, 0.5) is 13.2 Å². The van der Waals surface area contributed by atoms with Gasteiger partial charge < -0.3 is 0 Å². The monoisotopic (exact) mass is 155 g/mol. The van der Waals surface area contributed by atoms with Crippen LogP contribution in [0.1, 0.15) is 6.92 Å². The maximum atomic E-state index is 11.3. The van der Waals surface area contributed by atoms with Crippen LogP contribution in [0.3, 0.4) is 0 Å². The van der Waals surface area contributed by atoms with Gasteiger partial charge in [0.25, 0.3) is 5.91 Å². The Hall–Kier alpha value is -0.780. The van der Waals surface area contributed by atoms with Crippen molar-refractivity contribution in [1.29, 1.82) is 0 Å². The lowest BCUT2D eigenvalue weighted by Gasteiger charge is -2.04. The number of amides is 1. The van der Waals surface area contributed by atoms with E-state index < -0.39 is 18.6 Å². The molecular weight excluding hydrogens is 149 g/mol. The molecule has 6 heteroatoms. The first-order valence-corrected chi connectivity index (χ1v) is 2.43. The molecule has 0 bridgehead atoms. The Labute approximate surface area is 55.6 Å². The number of nitrogens with one attached hydrogen (secondary N) is 1. The van der Waals surface area contributed by atoms with Crippen LogP contribution in [0.15, 0.2) is 0 Å². The van der Waals surface area contributed by atoms with Gasteiger partial charge in [0.1, 0.15) is 6.54 Å². The van der Waals surface area contributed by atoms with Crippen molar-refractivity contribution in [3.05, 3.63) is 0 Å². The topological polar surface area (TPSA) is 43.2 Å². The van der Waals surface area contributed by atoms with Crippen LogP contribution >= 0.6 is 0 Å². The summed E-state index contributed by atoms with van der Waals surface area (Å²) in [5.74, 6) is -0.677. The molecule has 3 nitrogen and oxygen atoms in total. The number of carbonyl (C=O) groups is 1. The predicted octanol–water partition coefficient (Wildman–Crippen LogP) is 0.204. The number of halogens is 3. The summed E-state index contributed by atoms with van der Waals surface area (Å²) in [5, 5.41) is 0. The van der Waals surface area contributed by atoms with E-state index in [1.54, 1.807) is 5.43 Å². The Morgan fingerprint density at radius 2 is 2.10 bits per heavy atom. The molecule has 0 aliphatic carbocycles. The van der Waals surface area contributed by atoms with Gasteiger partial charge in [-0.25, -0.2) is 5.43 Å². The van der Waals surface area contributed by atoms with E-state index in [2.05, 4.69) is 5.43 Å². The number of carbonyl (C=O) groups excluding carboxylic acids is 1. The Kier molecular flexibility index (Phi) is 3.14. The van der Waals surface area contributed by atoms with E-state index in [9.17, 15) is 18.0 Å². The van der Waals surface area contributed by atoms with E-state index in [1.807, 2.05) is 0 Å². The van der Waals surface area contributed by atoms with Crippen LogP contribution in [0.2, 0.25) is 0 Å². The van der Waals surface area contributed by atoms with Crippen LogP contribution < -0.4 is 10.9 Å². The summed E-state index contributed by atoms with van der Waals surface area (Å²) in [7, 11) is 0. The number of hydrogen-bond acceptors (Lipinski definition) is 2. The summed E-state index contributed by atoms with van der Waals surface area (Å²) in [6.07, 6.45) is -4.32. The van der Waals surface area contributed by atoms with Crippen molar-refractivity contribution < 1.29 is 18.0 Å². The van der Waals surface area contributed by atoms with Crippen molar-refractivity contribution in [1.82, 2.24) is 10.9 Å². The van der Waals surface area contributed by atoms with E-state index >= 15 is 0 Å². The quantitative estimate of drug-likeness (QED) is 0.579. The van der Waals surface area contributed by atoms with Gasteiger partial charge in [0.2, 0.25) is 0 Å². The highest BCUT2D eigenvalue weighted by molar-refractivity contribution is 5.71. The molecule has 0 saturated carbocycles. The molecule has 0 saturated heterocycles. The molecule has 0 spiro atoms. The molecule has 0 heterocycles. The fourth-order valence-corrected chi connectivity index (χ4v) is 0.241. The summed E-state index contributed by atoms with van der Waals surface area (Å²) in [6.45, 7) is -0.212. The van der Waals surface area contributed by atoms with Crippen LogP contribution in [-0.4, -0.2) is 18.6 Å². The zero-order chi connectivity index (χ0) is 8.20. The number of rotatable bonds is 2. The van der Waals surface area contributed by atoms with Crippen molar-refractivity contribution in [3.8, 4) is 0 Å². The van der Waals surface area contributed by atoms with Gasteiger partial charge in [-0.3, -0.25) is 4.79 Å². The average Bonchev–Trinajstić information content (AvgIpc) is 1.59. The fraction of sp³-hybridized carbons (Fsp3) is 0.750. The van der Waals surface area contributed by atoms with Crippen molar-refractivity contribution in [2.24, 2.45) is 0 Å². The van der Waals surface area contributed by atoms with Gasteiger partial charge in [0, 0.05) is 6.92 Å². The zero-order valence-corrected chi connectivity index (χ0v) is 5.20. The molecule has 0 aromatic heterocycles. The van der Waals surface area contributed by atoms with E-state index in [-0.39, 0.29) is 0 Å². The minimum Gasteiger partial charge on any atom is -0.272 e. The second-order valence-corrected chi connectivity index (χ2v) is 1.58. The standard InChI is InChI=1S/C4H6F3N2O/c1-3(10)9-8-2-4(5,6)7/h8H,2H2,1H3. The summed E-state index contributed by atoms with van der Waals surface area (Å²) in [4.78, 5) is 9.93. The van der Waals surface area contributed by atoms with Gasteiger partial charge in [0.15, 0.2) is 0 Å². The fourth-order valence-electron chi connectivity index (χ4n) is 0.241. The highest BCUT2D eigenvalue weighted by atomic mass is 19.4. The molecule has 0 fully saturated rings. The van der Waals surface area contributed by atoms with Gasteiger partial charge in [-0.2, -0.15) is 18.6 Å². The first-order valence-electron chi connectivity index (χ1n) is 2.43. The summed E-state index contributed by atoms with van der Waals surface area (Å²) in [6, 6.07) is 0. The summed E-state index contributed by atoms with van der Waals surface area (Å²) < 4.78 is 33.8. The number of hydrogen-bond donors (Lipinski definition) is 1. The Morgan fingerprint density at radius 1 is 1.60 bits per heavy atom. The smallest absolute Gasteiger partial charge is 0.272 e. The van der Waals surface area contributed by atoms with E-state index in [0.717, 1.165) is 6.92 Å². The lowest BCUT2D eigenvalue weighted by Crippen LogP contribution is -2.36. The van der Waals surface area contributed by atoms with Gasteiger partial charge in [-0.1, -0.05) is 0 Å². The third-order valence-electron chi connectivity index (χ3n) is 0.516. The highest BCUT2D eigenvalue weighted by Gasteiger charge is 2.26.